The first-order valence-electron chi connectivity index (χ1n) is 17.7. The molecule has 0 aliphatic carbocycles. The van der Waals surface area contributed by atoms with Crippen molar-refractivity contribution in [2.24, 2.45) is 0 Å². The van der Waals surface area contributed by atoms with E-state index in [1.165, 1.54) is 0 Å². The molecule has 0 aliphatic rings. The lowest BCUT2D eigenvalue weighted by Gasteiger charge is -2.15. The van der Waals surface area contributed by atoms with Crippen LogP contribution in [0.25, 0.3) is 28.7 Å². The number of nitrogens with zero attached hydrogens (tertiary/aromatic N) is 8. The first-order valence-corrected chi connectivity index (χ1v) is 17.7. The summed E-state index contributed by atoms with van der Waals surface area (Å²) >= 11 is 0. The van der Waals surface area contributed by atoms with Gasteiger partial charge in [0.2, 0.25) is 0 Å². The molecule has 3 aromatic carbocycles. The molecular weight excluding hydrogens is 699 g/mol. The standard InChI is InChI=1S/C41H41N9O5/c1-6-50-37(38(27(2)47-50)55-25-29-10-8-7-9-11-29)40-46-45-39(49(40)24-28-12-15-32(52-3)16-13-28)34-20-31(48-19-18-42-26-48)21-35(44-34)41(51)43-23-30-14-17-33(53-4)22-36(30)54-5/h7-22,26H,6,23-25H2,1-5H3,(H,43,51). The van der Waals surface area contributed by atoms with Gasteiger partial charge in [0.15, 0.2) is 17.4 Å². The summed E-state index contributed by atoms with van der Waals surface area (Å²) in [6, 6.07) is 26.8. The summed E-state index contributed by atoms with van der Waals surface area (Å²) in [5, 5.41) is 17.3. The van der Waals surface area contributed by atoms with Crippen LogP contribution in [0.4, 0.5) is 0 Å². The minimum absolute atomic E-state index is 0.176. The number of aryl methyl sites for hydroxylation is 2. The number of methoxy groups -OCH3 is 3. The second-order valence-corrected chi connectivity index (χ2v) is 12.6. The molecule has 4 heterocycles. The summed E-state index contributed by atoms with van der Waals surface area (Å²) in [5.41, 5.74) is 5.44. The zero-order chi connectivity index (χ0) is 38.3. The number of hydrogen-bond donors (Lipinski definition) is 1. The highest BCUT2D eigenvalue weighted by Crippen LogP contribution is 2.36. The van der Waals surface area contributed by atoms with E-state index in [-0.39, 0.29) is 18.1 Å². The quantitative estimate of drug-likeness (QED) is 0.127. The zero-order valence-electron chi connectivity index (χ0n) is 31.3. The number of carbonyl (C=O) groups excluding carboxylic acids is 1. The molecule has 0 aliphatic heterocycles. The lowest BCUT2D eigenvalue weighted by atomic mass is 10.1. The first-order chi connectivity index (χ1) is 26.9. The van der Waals surface area contributed by atoms with Gasteiger partial charge in [-0.15, -0.1) is 10.2 Å². The van der Waals surface area contributed by atoms with Gasteiger partial charge in [-0.1, -0.05) is 42.5 Å². The minimum atomic E-state index is -0.390. The Morgan fingerprint density at radius 2 is 1.60 bits per heavy atom. The van der Waals surface area contributed by atoms with Crippen molar-refractivity contribution in [3.63, 3.8) is 0 Å². The van der Waals surface area contributed by atoms with Crippen molar-refractivity contribution in [2.45, 2.75) is 40.1 Å². The minimum Gasteiger partial charge on any atom is -0.497 e. The number of aromatic nitrogens is 8. The van der Waals surface area contributed by atoms with Crippen LogP contribution < -0.4 is 24.3 Å². The molecule has 0 atom stereocenters. The lowest BCUT2D eigenvalue weighted by molar-refractivity contribution is 0.0945. The van der Waals surface area contributed by atoms with Gasteiger partial charge < -0.3 is 28.8 Å². The topological polar surface area (TPSA) is 145 Å². The van der Waals surface area contributed by atoms with Gasteiger partial charge in [0.25, 0.3) is 5.91 Å². The Labute approximate surface area is 318 Å². The van der Waals surface area contributed by atoms with Gasteiger partial charge in [-0.2, -0.15) is 5.10 Å². The Kier molecular flexibility index (Phi) is 10.8. The maximum absolute atomic E-state index is 13.9. The average molecular weight is 740 g/mol. The predicted molar refractivity (Wildman–Crippen MR) is 206 cm³/mol. The molecule has 0 bridgehead atoms. The van der Waals surface area contributed by atoms with Gasteiger partial charge in [0.05, 0.1) is 39.9 Å². The number of hydrogen-bond acceptors (Lipinski definition) is 10. The van der Waals surface area contributed by atoms with Crippen LogP contribution in [0.2, 0.25) is 0 Å². The van der Waals surface area contributed by atoms with Gasteiger partial charge >= 0.3 is 0 Å². The second kappa shape index (κ2) is 16.4. The maximum atomic E-state index is 13.9. The van der Waals surface area contributed by atoms with Crippen LogP contribution >= 0.6 is 0 Å². The summed E-state index contributed by atoms with van der Waals surface area (Å²) in [5.74, 6) is 3.16. The monoisotopic (exact) mass is 739 g/mol. The molecule has 280 valence electrons. The normalized spacial score (nSPS) is 11.0. The molecule has 55 heavy (non-hydrogen) atoms. The number of benzene rings is 3. The molecule has 1 amide bonds. The number of amides is 1. The van der Waals surface area contributed by atoms with E-state index in [0.717, 1.165) is 28.1 Å². The van der Waals surface area contributed by atoms with E-state index in [0.29, 0.717) is 65.7 Å². The van der Waals surface area contributed by atoms with Crippen molar-refractivity contribution >= 4 is 5.91 Å². The first kappa shape index (κ1) is 36.4. The van der Waals surface area contributed by atoms with E-state index in [9.17, 15) is 4.79 Å². The van der Waals surface area contributed by atoms with Crippen LogP contribution in [0.15, 0.2) is 104 Å². The number of ether oxygens (including phenoxy) is 4. The molecule has 1 N–H and O–H groups in total. The molecule has 0 saturated carbocycles. The molecule has 14 nitrogen and oxygen atoms in total. The molecule has 14 heteroatoms. The van der Waals surface area contributed by atoms with E-state index in [4.69, 9.17) is 39.2 Å². The molecule has 0 spiro atoms. The summed E-state index contributed by atoms with van der Waals surface area (Å²) in [7, 11) is 4.80. The summed E-state index contributed by atoms with van der Waals surface area (Å²) in [6.45, 7) is 5.41. The molecule has 7 rings (SSSR count). The fourth-order valence-corrected chi connectivity index (χ4v) is 6.22. The van der Waals surface area contributed by atoms with Crippen LogP contribution in [-0.2, 0) is 26.2 Å². The third-order valence-corrected chi connectivity index (χ3v) is 9.07. The third-order valence-electron chi connectivity index (χ3n) is 9.07. The Bertz CT molecular complexity index is 2390. The van der Waals surface area contributed by atoms with Crippen LogP contribution in [-0.4, -0.2) is 66.3 Å². The molecule has 0 saturated heterocycles. The molecule has 7 aromatic rings. The summed E-state index contributed by atoms with van der Waals surface area (Å²) in [6.07, 6.45) is 5.14. The Balaban J connectivity index is 1.33. The van der Waals surface area contributed by atoms with Crippen molar-refractivity contribution in [3.05, 3.63) is 132 Å². The van der Waals surface area contributed by atoms with Crippen molar-refractivity contribution in [3.8, 4) is 51.7 Å². The summed E-state index contributed by atoms with van der Waals surface area (Å²) < 4.78 is 28.4. The molecular formula is C41H41N9O5. The fourth-order valence-electron chi connectivity index (χ4n) is 6.22. The van der Waals surface area contributed by atoms with E-state index >= 15 is 0 Å². The van der Waals surface area contributed by atoms with Gasteiger partial charge in [-0.25, -0.2) is 9.97 Å². The highest BCUT2D eigenvalue weighted by atomic mass is 16.5. The van der Waals surface area contributed by atoms with Gasteiger partial charge in [-0.05, 0) is 61.4 Å². The predicted octanol–water partition coefficient (Wildman–Crippen LogP) is 6.30. The van der Waals surface area contributed by atoms with Crippen molar-refractivity contribution < 1.29 is 23.7 Å². The van der Waals surface area contributed by atoms with Gasteiger partial charge in [0, 0.05) is 37.1 Å². The van der Waals surface area contributed by atoms with E-state index in [1.807, 2.05) is 100 Å². The smallest absolute Gasteiger partial charge is 0.270 e. The zero-order valence-corrected chi connectivity index (χ0v) is 31.3. The van der Waals surface area contributed by atoms with Gasteiger partial charge in [-0.3, -0.25) is 14.0 Å². The SMILES string of the molecule is CCn1nc(C)c(OCc2ccccc2)c1-c1nnc(-c2cc(-n3ccnc3)cc(C(=O)NCc3ccc(OC)cc3OC)n2)n1Cc1ccc(OC)cc1. The van der Waals surface area contributed by atoms with Crippen LogP contribution in [0.5, 0.6) is 23.0 Å². The molecule has 0 unspecified atom stereocenters. The Morgan fingerprint density at radius 3 is 2.31 bits per heavy atom. The fraction of sp³-hybridized carbons (Fsp3) is 0.220. The van der Waals surface area contributed by atoms with Crippen molar-refractivity contribution in [1.82, 2.24) is 44.4 Å². The number of pyridine rings is 1. The highest BCUT2D eigenvalue weighted by Gasteiger charge is 2.27. The molecule has 4 aromatic heterocycles. The molecule has 0 fully saturated rings. The van der Waals surface area contributed by atoms with E-state index < -0.39 is 0 Å². The number of nitrogens with one attached hydrogen (secondary N) is 1. The number of imidazole rings is 1. The van der Waals surface area contributed by atoms with Crippen molar-refractivity contribution in [1.29, 1.82) is 0 Å². The van der Waals surface area contributed by atoms with Crippen LogP contribution in [0, 0.1) is 6.92 Å². The summed E-state index contributed by atoms with van der Waals surface area (Å²) in [4.78, 5) is 23.0. The van der Waals surface area contributed by atoms with E-state index in [2.05, 4.69) is 10.3 Å². The second-order valence-electron chi connectivity index (χ2n) is 12.6. The van der Waals surface area contributed by atoms with Crippen LogP contribution in [0.1, 0.15) is 39.8 Å². The van der Waals surface area contributed by atoms with E-state index in [1.54, 1.807) is 52.2 Å². The number of carbonyl (C=O) groups is 1. The number of rotatable bonds is 15. The third kappa shape index (κ3) is 7.88. The van der Waals surface area contributed by atoms with Gasteiger partial charge in [0.1, 0.15) is 46.6 Å². The Hall–Kier alpha value is -6.96. The molecule has 0 radical (unpaired) electrons. The maximum Gasteiger partial charge on any atom is 0.270 e. The highest BCUT2D eigenvalue weighted by molar-refractivity contribution is 5.93. The van der Waals surface area contributed by atoms with Crippen molar-refractivity contribution in [2.75, 3.05) is 21.3 Å². The average Bonchev–Trinajstić information content (AvgIpc) is 3.99. The largest absolute Gasteiger partial charge is 0.497 e. The Morgan fingerprint density at radius 1 is 0.836 bits per heavy atom. The van der Waals surface area contributed by atoms with Crippen LogP contribution in [0.3, 0.4) is 0 Å². The lowest BCUT2D eigenvalue weighted by Crippen LogP contribution is -2.24.